The molecule has 0 spiro atoms. The van der Waals surface area contributed by atoms with Crippen molar-refractivity contribution in [2.75, 3.05) is 12.8 Å². The monoisotopic (exact) mass is 447 g/mol. The highest BCUT2D eigenvalue weighted by Gasteiger charge is 2.43. The van der Waals surface area contributed by atoms with Crippen LogP contribution in [0.2, 0.25) is 0 Å². The van der Waals surface area contributed by atoms with Gasteiger partial charge in [-0.3, -0.25) is 4.21 Å². The fraction of sp³-hybridized carbons (Fsp3) is 0.286. The van der Waals surface area contributed by atoms with Gasteiger partial charge in [-0.25, -0.2) is 4.39 Å². The zero-order valence-corrected chi connectivity index (χ0v) is 19.7. The normalized spacial score (nSPS) is 22.1. The number of nitrogens with one attached hydrogen (secondary N) is 1. The van der Waals surface area contributed by atoms with Crippen LogP contribution >= 0.6 is 0 Å². The Kier molecular flexibility index (Phi) is 6.73. The van der Waals surface area contributed by atoms with E-state index in [4.69, 9.17) is 0 Å². The third-order valence-corrected chi connectivity index (χ3v) is 7.79. The molecule has 0 aliphatic heterocycles. The van der Waals surface area contributed by atoms with Crippen molar-refractivity contribution < 1.29 is 8.60 Å². The molecule has 1 aliphatic carbocycles. The second-order valence-corrected chi connectivity index (χ2v) is 10.2. The molecule has 0 radical (unpaired) electrons. The van der Waals surface area contributed by atoms with Gasteiger partial charge < -0.3 is 5.32 Å². The lowest BCUT2D eigenvalue weighted by Gasteiger charge is -2.31. The van der Waals surface area contributed by atoms with Crippen LogP contribution in [0.25, 0.3) is 11.6 Å². The maximum Gasteiger partial charge on any atom is 0.123 e. The first-order valence-corrected chi connectivity index (χ1v) is 12.6. The summed E-state index contributed by atoms with van der Waals surface area (Å²) in [5.74, 6) is 0.0632. The van der Waals surface area contributed by atoms with Gasteiger partial charge in [0.25, 0.3) is 0 Å². The minimum absolute atomic E-state index is 0.155. The predicted octanol–water partition coefficient (Wildman–Crippen LogP) is 6.19. The molecule has 0 bridgehead atoms. The lowest BCUT2D eigenvalue weighted by Crippen LogP contribution is -2.31. The number of allylic oxidation sites excluding steroid dienone is 1. The van der Waals surface area contributed by atoms with Crippen LogP contribution in [0.3, 0.4) is 0 Å². The molecule has 3 aromatic carbocycles. The van der Waals surface area contributed by atoms with Gasteiger partial charge in [-0.05, 0) is 71.0 Å². The summed E-state index contributed by atoms with van der Waals surface area (Å²) in [5.41, 5.74) is 5.63. The van der Waals surface area contributed by atoms with Crippen LogP contribution in [0.5, 0.6) is 0 Å². The van der Waals surface area contributed by atoms with Gasteiger partial charge in [0.15, 0.2) is 0 Å². The Morgan fingerprint density at radius 3 is 2.47 bits per heavy atom. The Bertz CT molecular complexity index is 1140. The van der Waals surface area contributed by atoms with E-state index in [1.807, 2.05) is 36.4 Å². The molecule has 2 nitrogen and oxygen atoms in total. The van der Waals surface area contributed by atoms with E-state index in [0.29, 0.717) is 0 Å². The molecule has 0 fully saturated rings. The van der Waals surface area contributed by atoms with Crippen molar-refractivity contribution in [3.05, 3.63) is 101 Å². The zero-order chi connectivity index (χ0) is 22.7. The van der Waals surface area contributed by atoms with E-state index in [1.165, 1.54) is 11.1 Å². The lowest BCUT2D eigenvalue weighted by molar-refractivity contribution is 0.359. The second-order valence-electron chi connectivity index (χ2n) is 8.86. The maximum atomic E-state index is 14.3. The predicted molar refractivity (Wildman–Crippen MR) is 132 cm³/mol. The van der Waals surface area contributed by atoms with Crippen LogP contribution in [0.4, 0.5) is 4.39 Å². The van der Waals surface area contributed by atoms with E-state index >= 15 is 0 Å². The SMILES string of the molecule is CC1/C(=C/c2ccc(S(C)=O)cc2)c2ccc(F)cc2C1(C)CCNCc1ccccc1. The van der Waals surface area contributed by atoms with Gasteiger partial charge in [-0.2, -0.15) is 0 Å². The van der Waals surface area contributed by atoms with Crippen molar-refractivity contribution in [2.24, 2.45) is 5.92 Å². The van der Waals surface area contributed by atoms with Crippen LogP contribution in [-0.2, 0) is 22.8 Å². The summed E-state index contributed by atoms with van der Waals surface area (Å²) in [4.78, 5) is 0.823. The Balaban J connectivity index is 1.58. The fourth-order valence-electron chi connectivity index (χ4n) is 4.72. The van der Waals surface area contributed by atoms with Gasteiger partial charge in [0, 0.05) is 33.9 Å². The molecule has 0 heterocycles. The quantitative estimate of drug-likeness (QED) is 0.438. The van der Waals surface area contributed by atoms with Crippen LogP contribution in [0.15, 0.2) is 77.7 Å². The van der Waals surface area contributed by atoms with Crippen LogP contribution < -0.4 is 5.32 Å². The molecule has 4 heteroatoms. The van der Waals surface area contributed by atoms with Crippen molar-refractivity contribution >= 4 is 22.4 Å². The standard InChI is InChI=1S/C28H30FNOS/c1-20-26(17-21-9-12-24(13-10-21)32(3)31)25-14-11-23(29)18-27(25)28(20,2)15-16-30-19-22-7-5-4-6-8-22/h4-14,17-18,20,30H,15-16,19H2,1-3H3/b26-17-. The van der Waals surface area contributed by atoms with Crippen LogP contribution in [0, 0.1) is 11.7 Å². The summed E-state index contributed by atoms with van der Waals surface area (Å²) in [7, 11) is -0.988. The highest BCUT2D eigenvalue weighted by molar-refractivity contribution is 7.84. The van der Waals surface area contributed by atoms with Gasteiger partial charge >= 0.3 is 0 Å². The molecule has 0 aromatic heterocycles. The molecule has 3 atom stereocenters. The minimum atomic E-state index is -0.988. The third kappa shape index (κ3) is 4.62. The summed E-state index contributed by atoms with van der Waals surface area (Å²) in [5, 5.41) is 3.56. The molecule has 1 N–H and O–H groups in total. The first-order valence-electron chi connectivity index (χ1n) is 11.1. The Morgan fingerprint density at radius 1 is 1.06 bits per heavy atom. The van der Waals surface area contributed by atoms with E-state index in [1.54, 1.807) is 18.4 Å². The van der Waals surface area contributed by atoms with Gasteiger partial charge in [0.05, 0.1) is 0 Å². The number of halogens is 1. The van der Waals surface area contributed by atoms with Crippen LogP contribution in [-0.4, -0.2) is 17.0 Å². The van der Waals surface area contributed by atoms with Gasteiger partial charge in [-0.1, -0.05) is 68.5 Å². The number of benzene rings is 3. The van der Waals surface area contributed by atoms with Gasteiger partial charge in [0.2, 0.25) is 0 Å². The van der Waals surface area contributed by atoms with Gasteiger partial charge in [-0.15, -0.1) is 0 Å². The summed E-state index contributed by atoms with van der Waals surface area (Å²) >= 11 is 0. The van der Waals surface area contributed by atoms with Crippen molar-refractivity contribution in [1.29, 1.82) is 0 Å². The highest BCUT2D eigenvalue weighted by atomic mass is 32.2. The maximum absolute atomic E-state index is 14.3. The molecule has 32 heavy (non-hydrogen) atoms. The number of hydrogen-bond acceptors (Lipinski definition) is 2. The molecule has 0 saturated carbocycles. The first kappa shape index (κ1) is 22.6. The Hall–Kier alpha value is -2.56. The average molecular weight is 448 g/mol. The van der Waals surface area contributed by atoms with Crippen molar-refractivity contribution in [3.63, 3.8) is 0 Å². The molecular formula is C28H30FNOS. The van der Waals surface area contributed by atoms with E-state index < -0.39 is 10.8 Å². The Morgan fingerprint density at radius 2 is 1.78 bits per heavy atom. The lowest BCUT2D eigenvalue weighted by atomic mass is 9.74. The molecule has 0 saturated heterocycles. The van der Waals surface area contributed by atoms with E-state index in [2.05, 4.69) is 49.5 Å². The van der Waals surface area contributed by atoms with Crippen molar-refractivity contribution in [1.82, 2.24) is 5.32 Å². The summed E-state index contributed by atoms with van der Waals surface area (Å²) in [6.45, 7) is 6.19. The topological polar surface area (TPSA) is 29.1 Å². The molecule has 3 unspecified atom stereocenters. The number of fused-ring (bicyclic) bond motifs is 1. The smallest absolute Gasteiger partial charge is 0.123 e. The Labute approximate surface area is 193 Å². The molecule has 166 valence electrons. The van der Waals surface area contributed by atoms with Crippen molar-refractivity contribution in [3.8, 4) is 0 Å². The first-order chi connectivity index (χ1) is 15.4. The van der Waals surface area contributed by atoms with Crippen molar-refractivity contribution in [2.45, 2.75) is 37.1 Å². The summed E-state index contributed by atoms with van der Waals surface area (Å²) in [6.07, 6.45) is 4.81. The molecule has 4 rings (SSSR count). The van der Waals surface area contributed by atoms with Gasteiger partial charge in [0.1, 0.15) is 5.82 Å². The summed E-state index contributed by atoms with van der Waals surface area (Å²) < 4.78 is 26.0. The second kappa shape index (κ2) is 9.51. The molecule has 3 aromatic rings. The fourth-order valence-corrected chi connectivity index (χ4v) is 5.24. The molecule has 0 amide bonds. The number of hydrogen-bond donors (Lipinski definition) is 1. The van der Waals surface area contributed by atoms with Crippen LogP contribution in [0.1, 0.15) is 42.5 Å². The highest BCUT2D eigenvalue weighted by Crippen LogP contribution is 2.52. The minimum Gasteiger partial charge on any atom is -0.313 e. The molecule has 1 aliphatic rings. The summed E-state index contributed by atoms with van der Waals surface area (Å²) in [6, 6.07) is 23.4. The third-order valence-electron chi connectivity index (χ3n) is 6.86. The van der Waals surface area contributed by atoms with E-state index in [-0.39, 0.29) is 17.2 Å². The zero-order valence-electron chi connectivity index (χ0n) is 18.9. The molecular weight excluding hydrogens is 417 g/mol. The van der Waals surface area contributed by atoms with E-state index in [0.717, 1.165) is 41.1 Å². The largest absolute Gasteiger partial charge is 0.313 e. The number of rotatable bonds is 7. The van der Waals surface area contributed by atoms with E-state index in [9.17, 15) is 8.60 Å². The average Bonchev–Trinajstić information content (AvgIpc) is 2.99.